The van der Waals surface area contributed by atoms with Crippen LogP contribution < -0.4 is 0 Å². The summed E-state index contributed by atoms with van der Waals surface area (Å²) in [6, 6.07) is 81.0. The number of aromatic nitrogens is 3. The van der Waals surface area contributed by atoms with Gasteiger partial charge < -0.3 is 15.0 Å². The number of hydrogen-bond acceptors (Lipinski definition) is 3. The topological polar surface area (TPSA) is 38.7 Å². The van der Waals surface area contributed by atoms with Crippen LogP contribution in [0.2, 0.25) is 0 Å². The van der Waals surface area contributed by atoms with Crippen LogP contribution >= 0.6 is 0 Å². The van der Waals surface area contributed by atoms with Gasteiger partial charge in [-0.3, -0.25) is 0 Å². The van der Waals surface area contributed by atoms with Crippen LogP contribution in [-0.4, -0.2) is 15.0 Å². The fraction of sp³-hybridized carbons (Fsp3) is 0.0656. The first-order valence-corrected chi connectivity index (χ1v) is 21.9. The number of hydrogen-bond donors (Lipinski definition) is 0. The van der Waals surface area contributed by atoms with Crippen molar-refractivity contribution in [1.29, 1.82) is 0 Å². The minimum Gasteiger partial charge on any atom is -0.305 e. The molecule has 0 saturated carbocycles. The maximum atomic E-state index is 5.08. The third-order valence-electron chi connectivity index (χ3n) is 11.8. The Hall–Kier alpha value is -7.36. The van der Waals surface area contributed by atoms with Gasteiger partial charge in [0.1, 0.15) is 0 Å². The Morgan fingerprint density at radius 2 is 0.862 bits per heavy atom. The van der Waals surface area contributed by atoms with Crippen LogP contribution in [0.1, 0.15) is 22.3 Å². The number of aryl methyl sites for hydroxylation is 4. The standard InChI is InChI=1S/C61H44N3.Ir/c1-3-13-48(14-4-1)49-33-35-50(36-34-49)57-42-61(51-15-5-2-6-16-51)64-43-58(57)56-18-8-7-17-55(56)54-40-46(23-21-44-25-29-52(30-26-44)59-19-9-11-37-62-59)39-47(41-54)24-22-45-27-31-53(32-28-45)60-20-10-12-38-63-60;/h1-15,17-20,25-29,31,33-43H,21-24H2;/q-3;+3. The average molecular weight is 1010 g/mol. The van der Waals surface area contributed by atoms with Crippen LogP contribution in [0, 0.1) is 18.2 Å². The van der Waals surface area contributed by atoms with Crippen molar-refractivity contribution in [2.75, 3.05) is 0 Å². The summed E-state index contributed by atoms with van der Waals surface area (Å²) in [5.41, 5.74) is 20.1. The van der Waals surface area contributed by atoms with Gasteiger partial charge in [-0.15, -0.1) is 107 Å². The molecule has 0 aliphatic carbocycles. The van der Waals surface area contributed by atoms with Gasteiger partial charge in [0.15, 0.2) is 0 Å². The van der Waals surface area contributed by atoms with Crippen LogP contribution in [0.3, 0.4) is 0 Å². The van der Waals surface area contributed by atoms with Crippen molar-refractivity contribution < 1.29 is 20.1 Å². The maximum absolute atomic E-state index is 5.08. The molecule has 0 saturated heterocycles. The Kier molecular flexibility index (Phi) is 13.5. The van der Waals surface area contributed by atoms with Crippen molar-refractivity contribution in [3.05, 3.63) is 259 Å². The summed E-state index contributed by atoms with van der Waals surface area (Å²) in [7, 11) is 0. The molecule has 0 aliphatic heterocycles. The van der Waals surface area contributed by atoms with Crippen LogP contribution in [0.15, 0.2) is 219 Å². The van der Waals surface area contributed by atoms with Gasteiger partial charge in [-0.1, -0.05) is 140 Å². The molecule has 0 fully saturated rings. The van der Waals surface area contributed by atoms with E-state index in [1.807, 2.05) is 67.0 Å². The van der Waals surface area contributed by atoms with Crippen LogP contribution in [-0.2, 0) is 45.8 Å². The van der Waals surface area contributed by atoms with Crippen LogP contribution in [0.5, 0.6) is 0 Å². The quantitative estimate of drug-likeness (QED) is 0.108. The Bertz CT molecular complexity index is 2990. The summed E-state index contributed by atoms with van der Waals surface area (Å²) in [6.07, 6.45) is 9.31. The Morgan fingerprint density at radius 1 is 0.323 bits per heavy atom. The Labute approximate surface area is 396 Å². The summed E-state index contributed by atoms with van der Waals surface area (Å²) in [4.78, 5) is 14.1. The second-order valence-electron chi connectivity index (χ2n) is 16.1. The Morgan fingerprint density at radius 3 is 1.43 bits per heavy atom. The molecule has 0 aliphatic rings. The molecule has 0 bridgehead atoms. The van der Waals surface area contributed by atoms with Gasteiger partial charge in [0.05, 0.1) is 0 Å². The molecule has 3 nitrogen and oxygen atoms in total. The summed E-state index contributed by atoms with van der Waals surface area (Å²) >= 11 is 0. The molecule has 0 amide bonds. The molecule has 0 spiro atoms. The van der Waals surface area contributed by atoms with E-state index in [0.29, 0.717) is 0 Å². The first kappa shape index (κ1) is 42.9. The second kappa shape index (κ2) is 20.4. The van der Waals surface area contributed by atoms with Crippen molar-refractivity contribution in [2.24, 2.45) is 0 Å². The van der Waals surface area contributed by atoms with Gasteiger partial charge in [0, 0.05) is 24.2 Å². The Balaban J connectivity index is 0.00000533. The van der Waals surface area contributed by atoms with Crippen molar-refractivity contribution in [1.82, 2.24) is 15.0 Å². The zero-order valence-electron chi connectivity index (χ0n) is 35.8. The van der Waals surface area contributed by atoms with Gasteiger partial charge >= 0.3 is 20.1 Å². The maximum Gasteiger partial charge on any atom is 3.00 e. The van der Waals surface area contributed by atoms with E-state index in [2.05, 4.69) is 180 Å². The van der Waals surface area contributed by atoms with Gasteiger partial charge in [0.2, 0.25) is 0 Å². The van der Waals surface area contributed by atoms with Gasteiger partial charge in [-0.05, 0) is 92.1 Å². The van der Waals surface area contributed by atoms with E-state index in [4.69, 9.17) is 4.98 Å². The molecule has 7 aromatic carbocycles. The van der Waals surface area contributed by atoms with Gasteiger partial charge in [0.25, 0.3) is 0 Å². The van der Waals surface area contributed by atoms with Crippen molar-refractivity contribution in [3.8, 4) is 78.3 Å². The minimum atomic E-state index is 0. The second-order valence-corrected chi connectivity index (χ2v) is 16.1. The van der Waals surface area contributed by atoms with Crippen LogP contribution in [0.25, 0.3) is 78.3 Å². The summed E-state index contributed by atoms with van der Waals surface area (Å²) < 4.78 is 0. The van der Waals surface area contributed by atoms with E-state index in [-0.39, 0.29) is 20.1 Å². The fourth-order valence-corrected chi connectivity index (χ4v) is 8.42. The molecule has 3 aromatic heterocycles. The normalized spacial score (nSPS) is 10.9. The minimum absolute atomic E-state index is 0. The van der Waals surface area contributed by atoms with E-state index in [0.717, 1.165) is 81.7 Å². The monoisotopic (exact) mass is 1010 g/mol. The predicted molar refractivity (Wildman–Crippen MR) is 262 cm³/mol. The largest absolute Gasteiger partial charge is 3.00 e. The molecule has 0 radical (unpaired) electrons. The fourth-order valence-electron chi connectivity index (χ4n) is 8.42. The molecule has 3 heterocycles. The molecule has 4 heteroatoms. The molecule has 10 aromatic rings. The van der Waals surface area contributed by atoms with E-state index in [1.165, 1.54) is 44.5 Å². The summed E-state index contributed by atoms with van der Waals surface area (Å²) in [5, 5.41) is 0. The van der Waals surface area contributed by atoms with E-state index < -0.39 is 0 Å². The summed E-state index contributed by atoms with van der Waals surface area (Å²) in [5.74, 6) is 0. The van der Waals surface area contributed by atoms with Crippen molar-refractivity contribution in [3.63, 3.8) is 0 Å². The number of nitrogens with zero attached hydrogens (tertiary/aromatic N) is 3. The third kappa shape index (κ3) is 10.2. The first-order chi connectivity index (χ1) is 31.7. The van der Waals surface area contributed by atoms with Crippen LogP contribution in [0.4, 0.5) is 0 Å². The van der Waals surface area contributed by atoms with Gasteiger partial charge in [-0.25, -0.2) is 0 Å². The van der Waals surface area contributed by atoms with Crippen molar-refractivity contribution >= 4 is 0 Å². The molecular weight excluding hydrogens is 967 g/mol. The molecule has 10 rings (SSSR count). The molecule has 0 atom stereocenters. The predicted octanol–water partition coefficient (Wildman–Crippen LogP) is 14.5. The molecule has 0 N–H and O–H groups in total. The number of benzene rings is 7. The van der Waals surface area contributed by atoms with E-state index >= 15 is 0 Å². The first-order valence-electron chi connectivity index (χ1n) is 21.9. The average Bonchev–Trinajstić information content (AvgIpc) is 3.38. The zero-order valence-corrected chi connectivity index (χ0v) is 38.2. The summed E-state index contributed by atoms with van der Waals surface area (Å²) in [6.45, 7) is 0. The molecular formula is C61H44IrN3. The smallest absolute Gasteiger partial charge is 0.305 e. The van der Waals surface area contributed by atoms with E-state index in [9.17, 15) is 0 Å². The number of rotatable bonds is 13. The van der Waals surface area contributed by atoms with Gasteiger partial charge in [-0.2, -0.15) is 0 Å². The zero-order chi connectivity index (χ0) is 42.9. The van der Waals surface area contributed by atoms with E-state index in [1.54, 1.807) is 0 Å². The number of pyridine rings is 3. The third-order valence-corrected chi connectivity index (χ3v) is 11.8. The molecule has 312 valence electrons. The van der Waals surface area contributed by atoms with Crippen molar-refractivity contribution in [2.45, 2.75) is 25.7 Å². The molecule has 65 heavy (non-hydrogen) atoms. The SMILES string of the molecule is [Ir+3].[c-]1cc(CCc2cc(CCc3c[c-]c(-c4ccccn4)cc3)cc(-c3ccccc3-c3cnc(-c4[c-]cccc4)cc3-c3ccc(-c4ccccc4)cc3)c2)ccc1-c1ccccn1. The molecule has 0 unspecified atom stereocenters.